The number of unbranched alkanes of at least 4 members (excludes halogenated alkanes) is 2. The highest BCUT2D eigenvalue weighted by Gasteiger charge is 2.32. The molecule has 0 spiro atoms. The van der Waals surface area contributed by atoms with Crippen LogP contribution >= 0.6 is 12.4 Å². The lowest BCUT2D eigenvalue weighted by Gasteiger charge is -2.36. The minimum absolute atomic E-state index is 0. The van der Waals surface area contributed by atoms with Crippen LogP contribution in [0.3, 0.4) is 0 Å². The monoisotopic (exact) mass is 434 g/mol. The summed E-state index contributed by atoms with van der Waals surface area (Å²) < 4.78 is 32.8. The first-order valence-electron chi connectivity index (χ1n) is 10.1. The van der Waals surface area contributed by atoms with Crippen molar-refractivity contribution in [3.05, 3.63) is 35.4 Å². The van der Waals surface area contributed by atoms with Crippen LogP contribution in [0.4, 0.5) is 8.78 Å². The van der Waals surface area contributed by atoms with Crippen molar-refractivity contribution in [3.63, 3.8) is 0 Å². The Bertz CT molecular complexity index is 608. The van der Waals surface area contributed by atoms with E-state index in [4.69, 9.17) is 4.74 Å². The van der Waals surface area contributed by atoms with E-state index in [2.05, 4.69) is 17.6 Å². The number of hydrogen-bond donors (Lipinski definition) is 3. The lowest BCUT2D eigenvalue weighted by atomic mass is 9.90. The Kier molecular flexibility index (Phi) is 11.6. The first-order valence-corrected chi connectivity index (χ1v) is 10.1. The topological polar surface area (TPSA) is 70.6 Å². The van der Waals surface area contributed by atoms with Crippen LogP contribution in [-0.4, -0.2) is 48.5 Å². The molecular formula is C21H33ClF2N2O3. The van der Waals surface area contributed by atoms with Crippen LogP contribution in [0.15, 0.2) is 18.2 Å². The molecule has 0 unspecified atom stereocenters. The van der Waals surface area contributed by atoms with E-state index < -0.39 is 23.8 Å². The molecule has 0 saturated carbocycles. The van der Waals surface area contributed by atoms with Crippen molar-refractivity contribution in [2.75, 3.05) is 13.2 Å². The Hall–Kier alpha value is -1.28. The van der Waals surface area contributed by atoms with Crippen molar-refractivity contribution in [2.24, 2.45) is 0 Å². The van der Waals surface area contributed by atoms with Crippen molar-refractivity contribution in [2.45, 2.75) is 76.7 Å². The summed E-state index contributed by atoms with van der Waals surface area (Å²) in [6.07, 6.45) is 4.27. The van der Waals surface area contributed by atoms with Crippen molar-refractivity contribution >= 4 is 18.3 Å². The van der Waals surface area contributed by atoms with Crippen molar-refractivity contribution in [1.82, 2.24) is 10.6 Å². The van der Waals surface area contributed by atoms with E-state index in [1.165, 1.54) is 19.1 Å². The molecule has 1 aliphatic rings. The second-order valence-electron chi connectivity index (χ2n) is 7.57. The lowest BCUT2D eigenvalue weighted by Crippen LogP contribution is -2.56. The van der Waals surface area contributed by atoms with E-state index in [0.29, 0.717) is 18.5 Å². The Morgan fingerprint density at radius 1 is 1.28 bits per heavy atom. The first-order chi connectivity index (χ1) is 13.4. The van der Waals surface area contributed by atoms with E-state index in [9.17, 15) is 18.7 Å². The standard InChI is InChI=1S/C21H32F2N2O3.ClH/c1-3-4-5-8-28-18-6-7-19(24-13-18)21(27)20(25-14(2)26)11-15-9-16(22)12-17(23)10-15;/h9-10,12,18-21,24,27H,3-8,11,13H2,1-2H3,(H,25,26);1H/t18-,19-,20+,21-;/m1./s1. The van der Waals surface area contributed by atoms with Crippen LogP contribution in [0.5, 0.6) is 0 Å². The highest BCUT2D eigenvalue weighted by molar-refractivity contribution is 5.85. The van der Waals surface area contributed by atoms with Gasteiger partial charge in [0.25, 0.3) is 0 Å². The highest BCUT2D eigenvalue weighted by atomic mass is 35.5. The van der Waals surface area contributed by atoms with Gasteiger partial charge in [0.1, 0.15) is 11.6 Å². The summed E-state index contributed by atoms with van der Waals surface area (Å²) in [6, 6.07) is 2.39. The van der Waals surface area contributed by atoms with Gasteiger partial charge in [0.15, 0.2) is 0 Å². The zero-order valence-electron chi connectivity index (χ0n) is 17.1. The minimum atomic E-state index is -0.878. The van der Waals surface area contributed by atoms with Crippen molar-refractivity contribution in [3.8, 4) is 0 Å². The van der Waals surface area contributed by atoms with Gasteiger partial charge in [0.05, 0.1) is 18.2 Å². The van der Waals surface area contributed by atoms with Gasteiger partial charge >= 0.3 is 0 Å². The van der Waals surface area contributed by atoms with Crippen LogP contribution in [0.25, 0.3) is 0 Å². The number of amides is 1. The predicted octanol–water partition coefficient (Wildman–Crippen LogP) is 3.12. The number of hydrogen-bond acceptors (Lipinski definition) is 4. The molecule has 1 aliphatic heterocycles. The maximum Gasteiger partial charge on any atom is 0.217 e. The highest BCUT2D eigenvalue weighted by Crippen LogP contribution is 2.19. The molecule has 5 nitrogen and oxygen atoms in total. The lowest BCUT2D eigenvalue weighted by molar-refractivity contribution is -0.120. The van der Waals surface area contributed by atoms with Gasteiger partial charge in [-0.15, -0.1) is 12.4 Å². The first kappa shape index (κ1) is 25.8. The molecule has 0 aliphatic carbocycles. The van der Waals surface area contributed by atoms with Gasteiger partial charge in [-0.25, -0.2) is 8.78 Å². The molecule has 1 aromatic carbocycles. The van der Waals surface area contributed by atoms with Gasteiger partial charge in [0.2, 0.25) is 5.91 Å². The molecule has 8 heteroatoms. The number of rotatable bonds is 10. The smallest absolute Gasteiger partial charge is 0.217 e. The summed E-state index contributed by atoms with van der Waals surface area (Å²) in [5.74, 6) is -1.65. The number of benzene rings is 1. The van der Waals surface area contributed by atoms with Crippen LogP contribution in [-0.2, 0) is 16.0 Å². The molecule has 0 bridgehead atoms. The maximum absolute atomic E-state index is 13.5. The summed E-state index contributed by atoms with van der Waals surface area (Å²) in [5.41, 5.74) is 0.392. The number of halogens is 3. The third kappa shape index (κ3) is 8.95. The summed E-state index contributed by atoms with van der Waals surface area (Å²) in [6.45, 7) is 4.89. The fourth-order valence-electron chi connectivity index (χ4n) is 3.67. The molecular weight excluding hydrogens is 402 g/mol. The van der Waals surface area contributed by atoms with E-state index in [-0.39, 0.29) is 36.9 Å². The second kappa shape index (κ2) is 13.1. The van der Waals surface area contributed by atoms with E-state index in [1.54, 1.807) is 0 Å². The van der Waals surface area contributed by atoms with Gasteiger partial charge in [-0.1, -0.05) is 19.8 Å². The number of carbonyl (C=O) groups excluding carboxylic acids is 1. The molecule has 0 aromatic heterocycles. The average Bonchev–Trinajstić information content (AvgIpc) is 2.63. The van der Waals surface area contributed by atoms with Crippen molar-refractivity contribution in [1.29, 1.82) is 0 Å². The fraction of sp³-hybridized carbons (Fsp3) is 0.667. The van der Waals surface area contributed by atoms with Crippen LogP contribution in [0.1, 0.15) is 51.5 Å². The van der Waals surface area contributed by atoms with Crippen molar-refractivity contribution < 1.29 is 23.4 Å². The van der Waals surface area contributed by atoms with Crippen LogP contribution in [0, 0.1) is 11.6 Å². The normalized spacial score (nSPS) is 21.1. The number of ether oxygens (including phenoxy) is 1. The molecule has 3 N–H and O–H groups in total. The average molecular weight is 435 g/mol. The number of aliphatic hydroxyl groups is 1. The van der Waals surface area contributed by atoms with Gasteiger partial charge in [-0.05, 0) is 43.4 Å². The van der Waals surface area contributed by atoms with E-state index >= 15 is 0 Å². The van der Waals surface area contributed by atoms with Crippen LogP contribution < -0.4 is 10.6 Å². The molecule has 166 valence electrons. The maximum atomic E-state index is 13.5. The molecule has 1 heterocycles. The number of aliphatic hydroxyl groups excluding tert-OH is 1. The number of carbonyl (C=O) groups is 1. The van der Waals surface area contributed by atoms with Gasteiger partial charge in [0, 0.05) is 32.2 Å². The largest absolute Gasteiger partial charge is 0.389 e. The third-order valence-corrected chi connectivity index (χ3v) is 5.10. The van der Waals surface area contributed by atoms with Crippen LogP contribution in [0.2, 0.25) is 0 Å². The fourth-order valence-corrected chi connectivity index (χ4v) is 3.67. The molecule has 2 rings (SSSR count). The van der Waals surface area contributed by atoms with Gasteiger partial charge < -0.3 is 20.5 Å². The van der Waals surface area contributed by atoms with Gasteiger partial charge in [-0.3, -0.25) is 4.79 Å². The molecule has 1 amide bonds. The summed E-state index contributed by atoms with van der Waals surface area (Å²) in [5, 5.41) is 16.8. The molecule has 1 saturated heterocycles. The molecule has 29 heavy (non-hydrogen) atoms. The summed E-state index contributed by atoms with van der Waals surface area (Å²) >= 11 is 0. The predicted molar refractivity (Wildman–Crippen MR) is 111 cm³/mol. The van der Waals surface area contributed by atoms with Gasteiger partial charge in [-0.2, -0.15) is 0 Å². The Labute approximate surface area is 178 Å². The quantitative estimate of drug-likeness (QED) is 0.495. The summed E-state index contributed by atoms with van der Waals surface area (Å²) in [7, 11) is 0. The molecule has 0 radical (unpaired) electrons. The molecule has 1 fully saturated rings. The minimum Gasteiger partial charge on any atom is -0.389 e. The Morgan fingerprint density at radius 3 is 2.52 bits per heavy atom. The number of nitrogens with one attached hydrogen (secondary N) is 2. The zero-order valence-corrected chi connectivity index (χ0v) is 17.9. The zero-order chi connectivity index (χ0) is 20.5. The SMILES string of the molecule is CCCCCO[C@@H]1CC[C@H]([C@@H](O)[C@H](Cc2cc(F)cc(F)c2)NC(C)=O)NC1.Cl. The van der Waals surface area contributed by atoms with E-state index in [1.807, 2.05) is 0 Å². The third-order valence-electron chi connectivity index (χ3n) is 5.10. The molecule has 4 atom stereocenters. The second-order valence-corrected chi connectivity index (χ2v) is 7.57. The number of piperidine rings is 1. The Morgan fingerprint density at radius 2 is 1.97 bits per heavy atom. The molecule has 1 aromatic rings. The van der Waals surface area contributed by atoms with E-state index in [0.717, 1.165) is 38.4 Å². The Balaban J connectivity index is 0.00000420. The summed E-state index contributed by atoms with van der Waals surface area (Å²) in [4.78, 5) is 11.6.